The van der Waals surface area contributed by atoms with Gasteiger partial charge in [0.05, 0.1) is 0 Å². The van der Waals surface area contributed by atoms with Crippen molar-refractivity contribution in [3.8, 4) is 17.8 Å². The van der Waals surface area contributed by atoms with Crippen LogP contribution in [0.4, 0.5) is 0 Å². The van der Waals surface area contributed by atoms with Crippen LogP contribution in [0.1, 0.15) is 6.92 Å². The summed E-state index contributed by atoms with van der Waals surface area (Å²) in [5.74, 6) is 2.65. The summed E-state index contributed by atoms with van der Waals surface area (Å²) >= 11 is 0. The van der Waals surface area contributed by atoms with Gasteiger partial charge in [0.2, 0.25) is 5.75 Å². The Kier molecular flexibility index (Phi) is 2.42. The van der Waals surface area contributed by atoms with E-state index in [0.717, 1.165) is 5.39 Å². The van der Waals surface area contributed by atoms with Crippen LogP contribution in [0, 0.1) is 12.0 Å². The molecular formula is C12H8O3. The normalized spacial score (nSPS) is 9.40. The summed E-state index contributed by atoms with van der Waals surface area (Å²) in [6.07, 6.45) is 2.36. The lowest BCUT2D eigenvalue weighted by Gasteiger charge is -1.98. The van der Waals surface area contributed by atoms with E-state index in [0.29, 0.717) is 5.58 Å². The Hall–Kier alpha value is -2.21. The van der Waals surface area contributed by atoms with Crippen LogP contribution in [0.15, 0.2) is 39.5 Å². The molecule has 0 atom stereocenters. The molecule has 0 aliphatic rings. The predicted molar refractivity (Wildman–Crippen MR) is 56.6 cm³/mol. The third-order valence-corrected chi connectivity index (χ3v) is 1.87. The first kappa shape index (κ1) is 9.35. The Morgan fingerprint density at radius 2 is 2.13 bits per heavy atom. The number of benzene rings is 1. The minimum absolute atomic E-state index is 0.114. The first-order valence-electron chi connectivity index (χ1n) is 4.43. The largest absolute Gasteiger partial charge is 0.420 e. The summed E-state index contributed by atoms with van der Waals surface area (Å²) < 4.78 is 9.97. The maximum absolute atomic E-state index is 11.4. The van der Waals surface area contributed by atoms with Crippen LogP contribution < -0.4 is 10.4 Å². The molecule has 2 rings (SSSR count). The van der Waals surface area contributed by atoms with E-state index in [1.54, 1.807) is 25.1 Å². The van der Waals surface area contributed by atoms with Crippen LogP contribution in [0.3, 0.4) is 0 Å². The van der Waals surface area contributed by atoms with Gasteiger partial charge in [0.15, 0.2) is 0 Å². The van der Waals surface area contributed by atoms with Gasteiger partial charge in [-0.15, -0.1) is 0 Å². The van der Waals surface area contributed by atoms with Gasteiger partial charge in [-0.1, -0.05) is 24.1 Å². The SMILES string of the molecule is CC#COc1cc2ccccc2oc1=O. The number of para-hydroxylation sites is 1. The average Bonchev–Trinajstić information content (AvgIpc) is 2.26. The van der Waals surface area contributed by atoms with Crippen LogP contribution in [-0.4, -0.2) is 0 Å². The van der Waals surface area contributed by atoms with E-state index in [9.17, 15) is 4.79 Å². The number of hydrogen-bond donors (Lipinski definition) is 0. The average molecular weight is 200 g/mol. The molecule has 0 spiro atoms. The molecule has 0 N–H and O–H groups in total. The molecule has 0 unspecified atom stereocenters. The first-order chi connectivity index (χ1) is 7.31. The summed E-state index contributed by atoms with van der Waals surface area (Å²) in [4.78, 5) is 11.4. The lowest BCUT2D eigenvalue weighted by molar-refractivity contribution is 0.460. The zero-order chi connectivity index (χ0) is 10.7. The fourth-order valence-corrected chi connectivity index (χ4v) is 1.22. The Bertz CT molecular complexity index is 599. The highest BCUT2D eigenvalue weighted by Gasteiger charge is 2.04. The van der Waals surface area contributed by atoms with Gasteiger partial charge in [-0.05, 0) is 6.07 Å². The van der Waals surface area contributed by atoms with Crippen molar-refractivity contribution in [1.82, 2.24) is 0 Å². The zero-order valence-corrected chi connectivity index (χ0v) is 8.11. The Morgan fingerprint density at radius 3 is 2.93 bits per heavy atom. The van der Waals surface area contributed by atoms with E-state index in [1.807, 2.05) is 12.1 Å². The molecule has 0 amide bonds. The highest BCUT2D eigenvalue weighted by atomic mass is 16.5. The van der Waals surface area contributed by atoms with Crippen LogP contribution >= 0.6 is 0 Å². The molecule has 0 radical (unpaired) electrons. The Labute approximate surface area is 86.3 Å². The molecule has 1 aromatic carbocycles. The van der Waals surface area contributed by atoms with Gasteiger partial charge in [-0.3, -0.25) is 0 Å². The fraction of sp³-hybridized carbons (Fsp3) is 0.0833. The predicted octanol–water partition coefficient (Wildman–Crippen LogP) is 2.15. The zero-order valence-electron chi connectivity index (χ0n) is 8.11. The monoisotopic (exact) mass is 200 g/mol. The van der Waals surface area contributed by atoms with Gasteiger partial charge >= 0.3 is 5.63 Å². The summed E-state index contributed by atoms with van der Waals surface area (Å²) in [6.45, 7) is 1.63. The fourth-order valence-electron chi connectivity index (χ4n) is 1.22. The van der Waals surface area contributed by atoms with Gasteiger partial charge in [-0.2, -0.15) is 0 Å². The van der Waals surface area contributed by atoms with Gasteiger partial charge in [-0.25, -0.2) is 4.79 Å². The molecule has 0 bridgehead atoms. The summed E-state index contributed by atoms with van der Waals surface area (Å²) in [6, 6.07) is 8.84. The lowest BCUT2D eigenvalue weighted by atomic mass is 10.2. The maximum Gasteiger partial charge on any atom is 0.380 e. The van der Waals surface area contributed by atoms with Crippen molar-refractivity contribution < 1.29 is 9.15 Å². The van der Waals surface area contributed by atoms with Crippen LogP contribution in [-0.2, 0) is 0 Å². The minimum Gasteiger partial charge on any atom is -0.420 e. The first-order valence-corrected chi connectivity index (χ1v) is 4.43. The third-order valence-electron chi connectivity index (χ3n) is 1.87. The van der Waals surface area contributed by atoms with Crippen LogP contribution in [0.2, 0.25) is 0 Å². The maximum atomic E-state index is 11.4. The van der Waals surface area contributed by atoms with Gasteiger partial charge < -0.3 is 9.15 Å². The van der Waals surface area contributed by atoms with E-state index < -0.39 is 5.63 Å². The molecule has 3 heteroatoms. The molecule has 0 aliphatic carbocycles. The number of hydrogen-bond acceptors (Lipinski definition) is 3. The number of ether oxygens (including phenoxy) is 1. The molecule has 0 fully saturated rings. The molecule has 0 saturated heterocycles. The van der Waals surface area contributed by atoms with E-state index >= 15 is 0 Å². The Morgan fingerprint density at radius 1 is 1.33 bits per heavy atom. The second-order valence-electron chi connectivity index (χ2n) is 2.89. The minimum atomic E-state index is -0.517. The van der Waals surface area contributed by atoms with Crippen molar-refractivity contribution in [2.45, 2.75) is 6.92 Å². The molecular weight excluding hydrogens is 192 g/mol. The van der Waals surface area contributed by atoms with E-state index in [1.165, 1.54) is 0 Å². The standard InChI is InChI=1S/C12H8O3/c1-2-7-14-11-8-9-5-3-4-6-10(9)15-12(11)13/h3-6,8H,1H3. The summed E-state index contributed by atoms with van der Waals surface area (Å²) in [5, 5.41) is 0.810. The van der Waals surface area contributed by atoms with Crippen molar-refractivity contribution in [3.63, 3.8) is 0 Å². The number of fused-ring (bicyclic) bond motifs is 1. The van der Waals surface area contributed by atoms with Gasteiger partial charge in [0, 0.05) is 18.4 Å². The lowest BCUT2D eigenvalue weighted by Crippen LogP contribution is -2.02. The van der Waals surface area contributed by atoms with Crippen LogP contribution in [0.5, 0.6) is 5.75 Å². The molecule has 0 saturated carbocycles. The van der Waals surface area contributed by atoms with E-state index in [2.05, 4.69) is 12.0 Å². The van der Waals surface area contributed by atoms with Crippen molar-refractivity contribution in [3.05, 3.63) is 40.8 Å². The third kappa shape index (κ3) is 1.84. The van der Waals surface area contributed by atoms with Crippen molar-refractivity contribution in [2.24, 2.45) is 0 Å². The quantitative estimate of drug-likeness (QED) is 0.523. The molecule has 3 nitrogen and oxygen atoms in total. The molecule has 15 heavy (non-hydrogen) atoms. The van der Waals surface area contributed by atoms with E-state index in [-0.39, 0.29) is 5.75 Å². The van der Waals surface area contributed by atoms with Crippen LogP contribution in [0.25, 0.3) is 11.0 Å². The highest BCUT2D eigenvalue weighted by molar-refractivity contribution is 5.77. The van der Waals surface area contributed by atoms with Crippen molar-refractivity contribution in [1.29, 1.82) is 0 Å². The molecule has 74 valence electrons. The molecule has 1 heterocycles. The smallest absolute Gasteiger partial charge is 0.380 e. The molecule has 2 aromatic rings. The second kappa shape index (κ2) is 3.89. The molecule has 1 aromatic heterocycles. The molecule has 0 aliphatic heterocycles. The topological polar surface area (TPSA) is 39.4 Å². The van der Waals surface area contributed by atoms with E-state index in [4.69, 9.17) is 9.15 Å². The van der Waals surface area contributed by atoms with Crippen molar-refractivity contribution in [2.75, 3.05) is 0 Å². The number of rotatable bonds is 1. The second-order valence-corrected chi connectivity index (χ2v) is 2.89. The summed E-state index contributed by atoms with van der Waals surface area (Å²) in [7, 11) is 0. The highest BCUT2D eigenvalue weighted by Crippen LogP contribution is 2.15. The van der Waals surface area contributed by atoms with Crippen molar-refractivity contribution >= 4 is 11.0 Å². The Balaban J connectivity index is 2.60. The van der Waals surface area contributed by atoms with Gasteiger partial charge in [0.1, 0.15) is 11.7 Å². The van der Waals surface area contributed by atoms with Gasteiger partial charge in [0.25, 0.3) is 0 Å². The summed E-state index contributed by atoms with van der Waals surface area (Å²) in [5.41, 5.74) is 0.0238.